The van der Waals surface area contributed by atoms with Crippen molar-refractivity contribution in [2.24, 2.45) is 0 Å². The Kier molecular flexibility index (Phi) is 3.04. The third-order valence-electron chi connectivity index (χ3n) is 3.46. The van der Waals surface area contributed by atoms with Gasteiger partial charge in [0.1, 0.15) is 0 Å². The summed E-state index contributed by atoms with van der Waals surface area (Å²) in [6.07, 6.45) is 3.11. The highest BCUT2D eigenvalue weighted by Gasteiger charge is 2.45. The van der Waals surface area contributed by atoms with Crippen molar-refractivity contribution in [1.82, 2.24) is 5.73 Å². The molecular formula is C12H16NO2S. The zero-order valence-corrected chi connectivity index (χ0v) is 9.96. The maximum atomic E-state index is 12.5. The van der Waals surface area contributed by atoms with Crippen LogP contribution in [0.1, 0.15) is 25.7 Å². The summed E-state index contributed by atoms with van der Waals surface area (Å²) in [5.41, 5.74) is 7.57. The van der Waals surface area contributed by atoms with Gasteiger partial charge < -0.3 is 0 Å². The van der Waals surface area contributed by atoms with Gasteiger partial charge >= 0.3 is 0 Å². The lowest BCUT2D eigenvalue weighted by atomic mass is 10.1. The third-order valence-corrected chi connectivity index (χ3v) is 6.05. The topological polar surface area (TPSA) is 57.9 Å². The summed E-state index contributed by atoms with van der Waals surface area (Å²) < 4.78 is 24.1. The van der Waals surface area contributed by atoms with Crippen LogP contribution in [0.4, 0.5) is 0 Å². The predicted molar refractivity (Wildman–Crippen MR) is 62.8 cm³/mol. The minimum absolute atomic E-state index is 0.0236. The molecule has 1 fully saturated rings. The zero-order valence-electron chi connectivity index (χ0n) is 9.15. The fourth-order valence-corrected chi connectivity index (χ4v) is 4.44. The zero-order chi connectivity index (χ0) is 11.6. The molecule has 1 N–H and O–H groups in total. The van der Waals surface area contributed by atoms with E-state index in [-0.39, 0.29) is 6.54 Å². The Labute approximate surface area is 96.6 Å². The number of benzene rings is 1. The lowest BCUT2D eigenvalue weighted by Crippen LogP contribution is -2.40. The summed E-state index contributed by atoms with van der Waals surface area (Å²) in [4.78, 5) is 0.365. The largest absolute Gasteiger partial charge is 0.256 e. The van der Waals surface area contributed by atoms with Crippen LogP contribution >= 0.6 is 0 Å². The highest BCUT2D eigenvalue weighted by molar-refractivity contribution is 7.92. The number of rotatable bonds is 3. The van der Waals surface area contributed by atoms with E-state index in [0.717, 1.165) is 12.8 Å². The van der Waals surface area contributed by atoms with Crippen LogP contribution in [0.2, 0.25) is 0 Å². The van der Waals surface area contributed by atoms with Crippen LogP contribution in [0.25, 0.3) is 0 Å². The van der Waals surface area contributed by atoms with Crippen molar-refractivity contribution in [3.05, 3.63) is 30.3 Å². The first-order valence-electron chi connectivity index (χ1n) is 5.57. The molecule has 4 heteroatoms. The van der Waals surface area contributed by atoms with E-state index in [9.17, 15) is 8.42 Å². The maximum absolute atomic E-state index is 12.5. The number of hydrogen-bond acceptors (Lipinski definition) is 2. The molecular weight excluding hydrogens is 222 g/mol. The second kappa shape index (κ2) is 4.18. The van der Waals surface area contributed by atoms with E-state index in [0.29, 0.717) is 17.7 Å². The van der Waals surface area contributed by atoms with Crippen LogP contribution in [0.3, 0.4) is 0 Å². The van der Waals surface area contributed by atoms with Gasteiger partial charge in [0.25, 0.3) is 0 Å². The van der Waals surface area contributed by atoms with E-state index in [4.69, 9.17) is 5.73 Å². The van der Waals surface area contributed by atoms with E-state index in [1.54, 1.807) is 30.3 Å². The van der Waals surface area contributed by atoms with Crippen LogP contribution in [0, 0.1) is 0 Å². The van der Waals surface area contributed by atoms with Crippen molar-refractivity contribution in [2.45, 2.75) is 35.3 Å². The molecule has 1 aliphatic rings. The number of nitrogens with one attached hydrogen (secondary N) is 1. The van der Waals surface area contributed by atoms with E-state index in [1.807, 2.05) is 0 Å². The van der Waals surface area contributed by atoms with Gasteiger partial charge in [-0.25, -0.2) is 8.42 Å². The molecule has 1 radical (unpaired) electrons. The third kappa shape index (κ3) is 1.66. The smallest absolute Gasteiger partial charge is 0.185 e. The summed E-state index contributed by atoms with van der Waals surface area (Å²) >= 11 is 0. The minimum Gasteiger partial charge on any atom is -0.256 e. The minimum atomic E-state index is -3.34. The van der Waals surface area contributed by atoms with Gasteiger partial charge in [-0.15, -0.1) is 0 Å². The second-order valence-electron chi connectivity index (χ2n) is 4.38. The van der Waals surface area contributed by atoms with Gasteiger partial charge in [0, 0.05) is 6.54 Å². The summed E-state index contributed by atoms with van der Waals surface area (Å²) in [7, 11) is -3.34. The van der Waals surface area contributed by atoms with Crippen molar-refractivity contribution in [3.8, 4) is 0 Å². The van der Waals surface area contributed by atoms with Crippen LogP contribution in [0.5, 0.6) is 0 Å². The lowest BCUT2D eigenvalue weighted by Gasteiger charge is -2.26. The first kappa shape index (κ1) is 11.6. The highest BCUT2D eigenvalue weighted by Crippen LogP contribution is 2.39. The Bertz CT molecular complexity index is 447. The molecule has 1 aromatic carbocycles. The SMILES string of the molecule is [NH]CC1(S(=O)(=O)c2ccccc2)CCCC1. The first-order chi connectivity index (χ1) is 7.62. The normalized spacial score (nSPS) is 19.8. The average Bonchev–Trinajstić information content (AvgIpc) is 2.80. The number of hydrogen-bond donors (Lipinski definition) is 0. The Hall–Kier alpha value is -0.870. The van der Waals surface area contributed by atoms with Crippen LogP contribution in [-0.4, -0.2) is 19.7 Å². The van der Waals surface area contributed by atoms with Crippen molar-refractivity contribution in [1.29, 1.82) is 0 Å². The van der Waals surface area contributed by atoms with Crippen molar-refractivity contribution in [2.75, 3.05) is 6.54 Å². The lowest BCUT2D eigenvalue weighted by molar-refractivity contribution is 0.512. The summed E-state index contributed by atoms with van der Waals surface area (Å²) in [5.74, 6) is 0. The quantitative estimate of drug-likeness (QED) is 0.809. The Morgan fingerprint density at radius 3 is 2.19 bits per heavy atom. The molecule has 0 aromatic heterocycles. The molecule has 0 saturated heterocycles. The van der Waals surface area contributed by atoms with Crippen LogP contribution in [0.15, 0.2) is 35.2 Å². The second-order valence-corrected chi connectivity index (χ2v) is 6.73. The molecule has 1 saturated carbocycles. The average molecular weight is 238 g/mol. The molecule has 0 bridgehead atoms. The highest BCUT2D eigenvalue weighted by atomic mass is 32.2. The fraction of sp³-hybridized carbons (Fsp3) is 0.500. The van der Waals surface area contributed by atoms with Crippen molar-refractivity contribution >= 4 is 9.84 Å². The van der Waals surface area contributed by atoms with Crippen LogP contribution in [-0.2, 0) is 9.84 Å². The monoisotopic (exact) mass is 238 g/mol. The van der Waals surface area contributed by atoms with Gasteiger partial charge in [-0.2, -0.15) is 0 Å². The molecule has 0 unspecified atom stereocenters. The van der Waals surface area contributed by atoms with E-state index < -0.39 is 14.6 Å². The van der Waals surface area contributed by atoms with Gasteiger partial charge in [0.15, 0.2) is 9.84 Å². The standard InChI is InChI=1S/C12H16NO2S/c13-10-12(8-4-5-9-12)16(14,15)11-6-2-1-3-7-11/h1-3,6-7,13H,4-5,8-10H2. The molecule has 0 spiro atoms. The van der Waals surface area contributed by atoms with Gasteiger partial charge in [-0.05, 0) is 25.0 Å². The molecule has 0 atom stereocenters. The molecule has 16 heavy (non-hydrogen) atoms. The van der Waals surface area contributed by atoms with E-state index >= 15 is 0 Å². The van der Waals surface area contributed by atoms with Crippen molar-refractivity contribution in [3.63, 3.8) is 0 Å². The Morgan fingerprint density at radius 1 is 1.12 bits per heavy atom. The van der Waals surface area contributed by atoms with Gasteiger partial charge in [0.2, 0.25) is 0 Å². The number of sulfone groups is 1. The predicted octanol–water partition coefficient (Wildman–Crippen LogP) is 2.06. The molecule has 1 aromatic rings. The summed E-state index contributed by atoms with van der Waals surface area (Å²) in [5, 5.41) is 0. The molecule has 87 valence electrons. The van der Waals surface area contributed by atoms with Crippen LogP contribution < -0.4 is 5.73 Å². The fourth-order valence-electron chi connectivity index (χ4n) is 2.41. The van der Waals surface area contributed by atoms with E-state index in [2.05, 4.69) is 0 Å². The van der Waals surface area contributed by atoms with Crippen molar-refractivity contribution < 1.29 is 8.42 Å². The first-order valence-corrected chi connectivity index (χ1v) is 7.05. The molecule has 2 rings (SSSR count). The summed E-state index contributed by atoms with van der Waals surface area (Å²) in [6.45, 7) is -0.0236. The molecule has 1 aliphatic carbocycles. The molecule has 0 amide bonds. The molecule has 3 nitrogen and oxygen atoms in total. The maximum Gasteiger partial charge on any atom is 0.185 e. The van der Waals surface area contributed by atoms with E-state index in [1.165, 1.54) is 0 Å². The van der Waals surface area contributed by atoms with Gasteiger partial charge in [-0.1, -0.05) is 31.0 Å². The Morgan fingerprint density at radius 2 is 1.69 bits per heavy atom. The summed E-state index contributed by atoms with van der Waals surface area (Å²) in [6, 6.07) is 8.54. The van der Waals surface area contributed by atoms with Gasteiger partial charge in [-0.3, -0.25) is 5.73 Å². The molecule has 0 aliphatic heterocycles. The Balaban J connectivity index is 2.46. The van der Waals surface area contributed by atoms with Gasteiger partial charge in [0.05, 0.1) is 9.64 Å². The molecule has 0 heterocycles.